The van der Waals surface area contributed by atoms with E-state index in [2.05, 4.69) is 42.4 Å². The minimum Gasteiger partial charge on any atom is -0.379 e. The van der Waals surface area contributed by atoms with Crippen LogP contribution in [0.3, 0.4) is 0 Å². The van der Waals surface area contributed by atoms with Crippen molar-refractivity contribution in [1.29, 1.82) is 5.26 Å². The van der Waals surface area contributed by atoms with Crippen molar-refractivity contribution in [2.75, 3.05) is 39.4 Å². The second kappa shape index (κ2) is 11.7. The minimum absolute atomic E-state index is 0.0766. The van der Waals surface area contributed by atoms with Crippen LogP contribution in [0.2, 0.25) is 10.0 Å². The molecule has 2 aromatic carbocycles. The van der Waals surface area contributed by atoms with Crippen molar-refractivity contribution in [2.45, 2.75) is 50.6 Å². The zero-order valence-electron chi connectivity index (χ0n) is 21.8. The van der Waals surface area contributed by atoms with E-state index in [1.165, 1.54) is 0 Å². The smallest absolute Gasteiger partial charge is 0.237 e. The van der Waals surface area contributed by atoms with E-state index in [4.69, 9.17) is 27.9 Å². The summed E-state index contributed by atoms with van der Waals surface area (Å²) in [5, 5.41) is 18.9. The first-order valence-corrected chi connectivity index (χ1v) is 13.7. The average molecular weight is 544 g/mol. The van der Waals surface area contributed by atoms with E-state index in [1.807, 2.05) is 48.5 Å². The standard InChI is InChI=1S/C29H36Cl2N4O2/c1-28(2,3)18-24-29(19-32,21-7-9-22(30)10-8-21)25(20-5-4-6-23(31)17-20)26(34-24)27(36)33-11-12-35-13-15-37-16-14-35/h4-10,17,24-26,34H,11-16,18H2,1-3H3,(H,33,36)/t24-,25-,26+,29-/m1/s1. The highest BCUT2D eigenvalue weighted by Crippen LogP contribution is 2.51. The van der Waals surface area contributed by atoms with Crippen molar-refractivity contribution in [3.05, 3.63) is 69.7 Å². The van der Waals surface area contributed by atoms with Crippen LogP contribution < -0.4 is 10.6 Å². The fraction of sp³-hybridized carbons (Fsp3) is 0.517. The van der Waals surface area contributed by atoms with E-state index < -0.39 is 17.4 Å². The summed E-state index contributed by atoms with van der Waals surface area (Å²) in [7, 11) is 0. The van der Waals surface area contributed by atoms with Gasteiger partial charge in [0.15, 0.2) is 0 Å². The monoisotopic (exact) mass is 542 g/mol. The van der Waals surface area contributed by atoms with Gasteiger partial charge < -0.3 is 15.4 Å². The Bertz CT molecular complexity index is 1120. The minimum atomic E-state index is -1.01. The summed E-state index contributed by atoms with van der Waals surface area (Å²) in [5.74, 6) is -0.559. The van der Waals surface area contributed by atoms with Crippen molar-refractivity contribution in [1.82, 2.24) is 15.5 Å². The van der Waals surface area contributed by atoms with E-state index in [-0.39, 0.29) is 17.4 Å². The summed E-state index contributed by atoms with van der Waals surface area (Å²) in [6.45, 7) is 10.9. The molecule has 4 rings (SSSR count). The Balaban J connectivity index is 1.73. The molecule has 2 N–H and O–H groups in total. The Morgan fingerprint density at radius 2 is 1.86 bits per heavy atom. The summed E-state index contributed by atoms with van der Waals surface area (Å²) < 4.78 is 5.43. The van der Waals surface area contributed by atoms with Crippen molar-refractivity contribution in [3.63, 3.8) is 0 Å². The van der Waals surface area contributed by atoms with Crippen LogP contribution in [0.4, 0.5) is 0 Å². The number of nitrogens with one attached hydrogen (secondary N) is 2. The molecule has 0 spiro atoms. The van der Waals surface area contributed by atoms with Gasteiger partial charge in [-0.2, -0.15) is 5.26 Å². The third kappa shape index (κ3) is 6.30. The SMILES string of the molecule is CC(C)(C)C[C@H]1N[C@H](C(=O)NCCN2CCOCC2)[C@@H](c2cccc(Cl)c2)[C@]1(C#N)c1ccc(Cl)cc1. The molecule has 1 amide bonds. The molecule has 2 aliphatic rings. The van der Waals surface area contributed by atoms with Gasteiger partial charge >= 0.3 is 0 Å². The molecule has 2 fully saturated rings. The molecule has 0 unspecified atom stereocenters. The highest BCUT2D eigenvalue weighted by molar-refractivity contribution is 6.30. The summed E-state index contributed by atoms with van der Waals surface area (Å²) in [5.41, 5.74) is 0.623. The molecule has 198 valence electrons. The van der Waals surface area contributed by atoms with E-state index in [0.717, 1.165) is 44.0 Å². The fourth-order valence-corrected chi connectivity index (χ4v) is 6.05. The Kier molecular flexibility index (Phi) is 8.83. The summed E-state index contributed by atoms with van der Waals surface area (Å²) >= 11 is 12.7. The van der Waals surface area contributed by atoms with Gasteiger partial charge in [-0.05, 0) is 47.2 Å². The van der Waals surface area contributed by atoms with E-state index in [1.54, 1.807) is 0 Å². The number of ether oxygens (including phenoxy) is 1. The molecule has 0 aromatic heterocycles. The summed E-state index contributed by atoms with van der Waals surface area (Å²) in [4.78, 5) is 16.1. The normalized spacial score (nSPS) is 26.5. The fourth-order valence-electron chi connectivity index (χ4n) is 5.73. The lowest BCUT2D eigenvalue weighted by Crippen LogP contribution is -2.48. The Labute approximate surface area is 230 Å². The third-order valence-electron chi connectivity index (χ3n) is 7.40. The number of morpholine rings is 1. The largest absolute Gasteiger partial charge is 0.379 e. The predicted molar refractivity (Wildman–Crippen MR) is 148 cm³/mol. The number of nitrogens with zero attached hydrogens (tertiary/aromatic N) is 2. The van der Waals surface area contributed by atoms with Gasteiger partial charge in [-0.3, -0.25) is 9.69 Å². The van der Waals surface area contributed by atoms with Crippen LogP contribution in [0, 0.1) is 16.7 Å². The molecular weight excluding hydrogens is 507 g/mol. The number of hydrogen-bond acceptors (Lipinski definition) is 5. The lowest BCUT2D eigenvalue weighted by molar-refractivity contribution is -0.123. The van der Waals surface area contributed by atoms with Gasteiger partial charge in [-0.25, -0.2) is 0 Å². The zero-order chi connectivity index (χ0) is 26.6. The molecule has 2 heterocycles. The maximum Gasteiger partial charge on any atom is 0.237 e. The summed E-state index contributed by atoms with van der Waals surface area (Å²) in [6.07, 6.45) is 0.706. The van der Waals surface area contributed by atoms with Crippen molar-refractivity contribution >= 4 is 29.1 Å². The first-order chi connectivity index (χ1) is 17.6. The molecule has 37 heavy (non-hydrogen) atoms. The third-order valence-corrected chi connectivity index (χ3v) is 7.89. The molecule has 6 nitrogen and oxygen atoms in total. The van der Waals surface area contributed by atoms with Crippen LogP contribution in [0.1, 0.15) is 44.2 Å². The maximum absolute atomic E-state index is 13.8. The van der Waals surface area contributed by atoms with Crippen LogP contribution in [0.15, 0.2) is 48.5 Å². The van der Waals surface area contributed by atoms with Crippen LogP contribution >= 0.6 is 23.2 Å². The molecule has 0 aliphatic carbocycles. The molecule has 0 saturated carbocycles. The Hall–Kier alpha value is -2.14. The van der Waals surface area contributed by atoms with Gasteiger partial charge in [0.05, 0.1) is 25.3 Å². The van der Waals surface area contributed by atoms with E-state index in [9.17, 15) is 10.1 Å². The maximum atomic E-state index is 13.8. The van der Waals surface area contributed by atoms with Crippen molar-refractivity contribution < 1.29 is 9.53 Å². The Morgan fingerprint density at radius 3 is 2.49 bits per heavy atom. The molecular formula is C29H36Cl2N4O2. The van der Waals surface area contributed by atoms with Gasteiger partial charge in [0.2, 0.25) is 5.91 Å². The quantitative estimate of drug-likeness (QED) is 0.527. The Morgan fingerprint density at radius 1 is 1.16 bits per heavy atom. The number of amides is 1. The number of hydrogen-bond donors (Lipinski definition) is 2. The first-order valence-electron chi connectivity index (χ1n) is 12.9. The molecule has 2 aliphatic heterocycles. The molecule has 0 radical (unpaired) electrons. The number of benzene rings is 2. The van der Waals surface area contributed by atoms with Crippen molar-refractivity contribution in [2.24, 2.45) is 5.41 Å². The van der Waals surface area contributed by atoms with Crippen LogP contribution in [-0.4, -0.2) is 62.3 Å². The van der Waals surface area contributed by atoms with Crippen LogP contribution in [-0.2, 0) is 14.9 Å². The highest BCUT2D eigenvalue weighted by atomic mass is 35.5. The molecule has 0 bridgehead atoms. The molecule has 2 aromatic rings. The molecule has 4 atom stereocenters. The van der Waals surface area contributed by atoms with Gasteiger partial charge in [0, 0.05) is 48.2 Å². The second-order valence-corrected chi connectivity index (χ2v) is 12.1. The lowest BCUT2D eigenvalue weighted by atomic mass is 9.63. The summed E-state index contributed by atoms with van der Waals surface area (Å²) in [6, 6.07) is 16.8. The number of rotatable bonds is 7. The second-order valence-electron chi connectivity index (χ2n) is 11.2. The predicted octanol–water partition coefficient (Wildman–Crippen LogP) is 4.76. The lowest BCUT2D eigenvalue weighted by Gasteiger charge is -2.37. The van der Waals surface area contributed by atoms with Gasteiger partial charge in [-0.1, -0.05) is 68.2 Å². The van der Waals surface area contributed by atoms with Crippen LogP contribution in [0.25, 0.3) is 0 Å². The van der Waals surface area contributed by atoms with Crippen LogP contribution in [0.5, 0.6) is 0 Å². The van der Waals surface area contributed by atoms with Gasteiger partial charge in [0.1, 0.15) is 5.41 Å². The number of carbonyl (C=O) groups excluding carboxylic acids is 1. The van der Waals surface area contributed by atoms with E-state index >= 15 is 0 Å². The van der Waals surface area contributed by atoms with E-state index in [0.29, 0.717) is 23.0 Å². The highest BCUT2D eigenvalue weighted by Gasteiger charge is 2.59. The number of nitriles is 1. The number of carbonyl (C=O) groups is 1. The van der Waals surface area contributed by atoms with Gasteiger partial charge in [-0.15, -0.1) is 0 Å². The topological polar surface area (TPSA) is 77.4 Å². The molecule has 2 saturated heterocycles. The first kappa shape index (κ1) is 27.9. The van der Waals surface area contributed by atoms with Gasteiger partial charge in [0.25, 0.3) is 0 Å². The molecule has 8 heteroatoms. The zero-order valence-corrected chi connectivity index (χ0v) is 23.3. The number of halogens is 2. The average Bonchev–Trinajstić information content (AvgIpc) is 3.18. The van der Waals surface area contributed by atoms with Crippen molar-refractivity contribution in [3.8, 4) is 6.07 Å².